The van der Waals surface area contributed by atoms with Crippen molar-refractivity contribution < 1.29 is 9.53 Å². The van der Waals surface area contributed by atoms with Crippen molar-refractivity contribution in [1.29, 1.82) is 0 Å². The van der Waals surface area contributed by atoms with Crippen molar-refractivity contribution in [3.8, 4) is 16.9 Å². The summed E-state index contributed by atoms with van der Waals surface area (Å²) in [5.74, 6) is 1.69. The first kappa shape index (κ1) is 24.6. The molecule has 0 radical (unpaired) electrons. The molecule has 0 aliphatic carbocycles. The van der Waals surface area contributed by atoms with Gasteiger partial charge in [0.05, 0.1) is 6.54 Å². The van der Waals surface area contributed by atoms with E-state index in [2.05, 4.69) is 45.2 Å². The molecule has 3 N–H and O–H groups in total. The van der Waals surface area contributed by atoms with E-state index in [0.717, 1.165) is 28.1 Å². The normalized spacial score (nSPS) is 15.0. The van der Waals surface area contributed by atoms with Crippen molar-refractivity contribution in [1.82, 2.24) is 10.6 Å². The van der Waals surface area contributed by atoms with Crippen molar-refractivity contribution in [2.45, 2.75) is 12.3 Å². The van der Waals surface area contributed by atoms with Crippen LogP contribution < -0.4 is 20.7 Å². The highest BCUT2D eigenvalue weighted by atomic mass is 127. The molecule has 1 aliphatic heterocycles. The first-order valence-electron chi connectivity index (χ1n) is 10.8. The van der Waals surface area contributed by atoms with E-state index in [0.29, 0.717) is 32.1 Å². The fraction of sp³-hybridized carbons (Fsp3) is 0.231. The molecule has 1 heterocycles. The van der Waals surface area contributed by atoms with Gasteiger partial charge in [0, 0.05) is 37.2 Å². The topological polar surface area (TPSA) is 74.8 Å². The second-order valence-electron chi connectivity index (χ2n) is 7.63. The Morgan fingerprint density at radius 3 is 2.55 bits per heavy atom. The van der Waals surface area contributed by atoms with Gasteiger partial charge in [-0.1, -0.05) is 66.7 Å². The third kappa shape index (κ3) is 6.47. The summed E-state index contributed by atoms with van der Waals surface area (Å²) in [7, 11) is 1.74. The second-order valence-corrected chi connectivity index (χ2v) is 7.63. The van der Waals surface area contributed by atoms with Crippen LogP contribution in [0.25, 0.3) is 11.1 Å². The first-order chi connectivity index (χ1) is 15.7. The van der Waals surface area contributed by atoms with Gasteiger partial charge in [-0.05, 0) is 23.3 Å². The zero-order chi connectivity index (χ0) is 22.2. The van der Waals surface area contributed by atoms with Crippen LogP contribution in [0.2, 0.25) is 0 Å². The number of guanidine groups is 1. The van der Waals surface area contributed by atoms with E-state index < -0.39 is 0 Å². The van der Waals surface area contributed by atoms with Crippen LogP contribution in [0.3, 0.4) is 0 Å². The zero-order valence-corrected chi connectivity index (χ0v) is 20.9. The third-order valence-corrected chi connectivity index (χ3v) is 5.47. The summed E-state index contributed by atoms with van der Waals surface area (Å²) in [6.07, 6.45) is 0.459. The molecular weight excluding hydrogens is 527 g/mol. The average molecular weight is 556 g/mol. The maximum atomic E-state index is 12.0. The Morgan fingerprint density at radius 2 is 1.73 bits per heavy atom. The van der Waals surface area contributed by atoms with Crippen LogP contribution in [-0.4, -0.2) is 38.6 Å². The number of rotatable bonds is 7. The summed E-state index contributed by atoms with van der Waals surface area (Å²) < 4.78 is 6.04. The Bertz CT molecular complexity index is 1090. The molecular formula is C26H29IN4O2. The fourth-order valence-corrected chi connectivity index (χ4v) is 3.90. The number of anilines is 1. The van der Waals surface area contributed by atoms with E-state index in [9.17, 15) is 4.79 Å². The van der Waals surface area contributed by atoms with E-state index in [1.807, 2.05) is 54.6 Å². The van der Waals surface area contributed by atoms with Crippen LogP contribution in [0.5, 0.6) is 5.75 Å². The lowest BCUT2D eigenvalue weighted by molar-refractivity contribution is -0.116. The molecule has 4 rings (SSSR count). The Balaban J connectivity index is 0.00000306. The Labute approximate surface area is 211 Å². The third-order valence-electron chi connectivity index (χ3n) is 5.47. The number of nitrogens with one attached hydrogen (secondary N) is 3. The summed E-state index contributed by atoms with van der Waals surface area (Å²) in [5, 5.41) is 9.56. The number of carbonyl (C=O) groups is 1. The quantitative estimate of drug-likeness (QED) is 0.172. The van der Waals surface area contributed by atoms with Gasteiger partial charge in [-0.2, -0.15) is 0 Å². The molecule has 0 spiro atoms. The number of carbonyl (C=O) groups excluding carboxylic acids is 1. The number of halogens is 1. The molecule has 3 aromatic carbocycles. The van der Waals surface area contributed by atoms with E-state index in [4.69, 9.17) is 4.74 Å². The summed E-state index contributed by atoms with van der Waals surface area (Å²) in [6, 6.07) is 26.2. The molecule has 1 atom stereocenters. The smallest absolute Gasteiger partial charge is 0.225 e. The molecule has 172 valence electrons. The number of ether oxygens (including phenoxy) is 1. The van der Waals surface area contributed by atoms with Crippen molar-refractivity contribution in [3.05, 3.63) is 84.4 Å². The molecule has 0 saturated heterocycles. The van der Waals surface area contributed by atoms with E-state index in [1.54, 1.807) is 7.05 Å². The minimum atomic E-state index is 0. The van der Waals surface area contributed by atoms with Crippen molar-refractivity contribution in [3.63, 3.8) is 0 Å². The molecule has 6 nitrogen and oxygen atoms in total. The summed E-state index contributed by atoms with van der Waals surface area (Å²) in [4.78, 5) is 16.3. The van der Waals surface area contributed by atoms with E-state index >= 15 is 0 Å². The summed E-state index contributed by atoms with van der Waals surface area (Å²) in [6.45, 7) is 1.73. The highest BCUT2D eigenvalue weighted by Crippen LogP contribution is 2.31. The van der Waals surface area contributed by atoms with Crippen molar-refractivity contribution in [2.24, 2.45) is 4.99 Å². The molecule has 0 fully saturated rings. The molecule has 1 amide bonds. The standard InChI is InChI=1S/C26H28N4O2.HI/c1-27-26(29-18-20-17-25(31)30-23-13-7-5-11-21(20)23)28-15-16-32-24-14-8-6-12-22(24)19-9-3-2-4-10-19;/h2-14,20H,15-18H2,1H3,(H,30,31)(H2,27,28,29);1H. The fourth-order valence-electron chi connectivity index (χ4n) is 3.90. The van der Waals surface area contributed by atoms with Gasteiger partial charge >= 0.3 is 0 Å². The van der Waals surface area contributed by atoms with Crippen molar-refractivity contribution >= 4 is 41.5 Å². The van der Waals surface area contributed by atoms with Gasteiger partial charge < -0.3 is 20.7 Å². The molecule has 7 heteroatoms. The van der Waals surface area contributed by atoms with E-state index in [1.165, 1.54) is 0 Å². The molecule has 0 bridgehead atoms. The minimum absolute atomic E-state index is 0. The minimum Gasteiger partial charge on any atom is -0.491 e. The van der Waals surface area contributed by atoms with Gasteiger partial charge in [-0.3, -0.25) is 9.79 Å². The van der Waals surface area contributed by atoms with Crippen LogP contribution in [-0.2, 0) is 4.79 Å². The Kier molecular flexibility index (Phi) is 9.12. The van der Waals surface area contributed by atoms with Gasteiger partial charge in [0.1, 0.15) is 12.4 Å². The first-order valence-corrected chi connectivity index (χ1v) is 10.8. The SMILES string of the molecule is CN=C(NCCOc1ccccc1-c1ccccc1)NCC1CC(=O)Nc2ccccc21.I. The molecule has 33 heavy (non-hydrogen) atoms. The van der Waals surface area contributed by atoms with Gasteiger partial charge in [0.15, 0.2) is 5.96 Å². The number of fused-ring (bicyclic) bond motifs is 1. The number of benzene rings is 3. The number of aliphatic imine (C=N–C) groups is 1. The predicted molar refractivity (Wildman–Crippen MR) is 145 cm³/mol. The van der Waals surface area contributed by atoms with Gasteiger partial charge in [0.2, 0.25) is 5.91 Å². The highest BCUT2D eigenvalue weighted by molar-refractivity contribution is 14.0. The highest BCUT2D eigenvalue weighted by Gasteiger charge is 2.24. The Morgan fingerprint density at radius 1 is 1.00 bits per heavy atom. The van der Waals surface area contributed by atoms with Gasteiger partial charge in [-0.15, -0.1) is 24.0 Å². The van der Waals surface area contributed by atoms with Crippen LogP contribution in [0, 0.1) is 0 Å². The van der Waals surface area contributed by atoms with Gasteiger partial charge in [0.25, 0.3) is 0 Å². The predicted octanol–water partition coefficient (Wildman–Crippen LogP) is 4.64. The Hall–Kier alpha value is -3.07. The van der Waals surface area contributed by atoms with Crippen LogP contribution in [0.4, 0.5) is 5.69 Å². The molecule has 0 aromatic heterocycles. The number of amides is 1. The summed E-state index contributed by atoms with van der Waals surface area (Å²) in [5.41, 5.74) is 4.25. The largest absolute Gasteiger partial charge is 0.491 e. The molecule has 1 unspecified atom stereocenters. The average Bonchev–Trinajstić information content (AvgIpc) is 2.84. The summed E-state index contributed by atoms with van der Waals surface area (Å²) >= 11 is 0. The lowest BCUT2D eigenvalue weighted by Crippen LogP contribution is -2.42. The number of hydrogen-bond acceptors (Lipinski definition) is 3. The number of nitrogens with zero attached hydrogens (tertiary/aromatic N) is 1. The van der Waals surface area contributed by atoms with Crippen LogP contribution >= 0.6 is 24.0 Å². The van der Waals surface area contributed by atoms with Crippen LogP contribution in [0.15, 0.2) is 83.9 Å². The molecule has 3 aromatic rings. The molecule has 0 saturated carbocycles. The molecule has 1 aliphatic rings. The number of hydrogen-bond donors (Lipinski definition) is 3. The lowest BCUT2D eigenvalue weighted by atomic mass is 9.90. The van der Waals surface area contributed by atoms with Crippen molar-refractivity contribution in [2.75, 3.05) is 32.1 Å². The monoisotopic (exact) mass is 556 g/mol. The maximum Gasteiger partial charge on any atom is 0.225 e. The number of para-hydroxylation sites is 2. The van der Waals surface area contributed by atoms with Gasteiger partial charge in [-0.25, -0.2) is 0 Å². The van der Waals surface area contributed by atoms with Crippen LogP contribution in [0.1, 0.15) is 17.9 Å². The maximum absolute atomic E-state index is 12.0. The zero-order valence-electron chi connectivity index (χ0n) is 18.6. The lowest BCUT2D eigenvalue weighted by Gasteiger charge is -2.26. The second kappa shape index (κ2) is 12.2. The van der Waals surface area contributed by atoms with E-state index in [-0.39, 0.29) is 35.8 Å².